The second kappa shape index (κ2) is 4.82. The Labute approximate surface area is 64.3 Å². The zero-order valence-electron chi connectivity index (χ0n) is 6.36. The Kier molecular flexibility index (Phi) is 4.41. The van der Waals surface area contributed by atoms with Crippen LogP contribution in [0.5, 0.6) is 0 Å². The van der Waals surface area contributed by atoms with Gasteiger partial charge in [0.1, 0.15) is 0 Å². The van der Waals surface area contributed by atoms with Crippen LogP contribution >= 0.6 is 0 Å². The number of hydrogen-bond acceptors (Lipinski definition) is 1. The maximum Gasteiger partial charge on any atom is 0.246 e. The van der Waals surface area contributed by atoms with Crippen molar-refractivity contribution in [1.29, 1.82) is 0 Å². The van der Waals surface area contributed by atoms with E-state index in [0.29, 0.717) is 5.57 Å². The molecule has 11 heavy (non-hydrogen) atoms. The van der Waals surface area contributed by atoms with E-state index in [-0.39, 0.29) is 18.9 Å². The highest BCUT2D eigenvalue weighted by Crippen LogP contribution is 1.96. The lowest BCUT2D eigenvalue weighted by Crippen LogP contribution is -2.25. The summed E-state index contributed by atoms with van der Waals surface area (Å²) < 4.78 is 23.0. The molecule has 0 aliphatic rings. The smallest absolute Gasteiger partial charge is 0.246 e. The lowest BCUT2D eigenvalue weighted by atomic mass is 10.3. The zero-order valence-corrected chi connectivity index (χ0v) is 6.36. The van der Waals surface area contributed by atoms with Gasteiger partial charge in [0, 0.05) is 18.5 Å². The Hall–Kier alpha value is -0.930. The fourth-order valence-corrected chi connectivity index (χ4v) is 0.446. The molecule has 0 atom stereocenters. The number of carbonyl (C=O) groups is 1. The number of halogens is 2. The van der Waals surface area contributed by atoms with Crippen LogP contribution in [0.25, 0.3) is 0 Å². The van der Waals surface area contributed by atoms with E-state index >= 15 is 0 Å². The molecule has 0 rings (SSSR count). The molecule has 0 aliphatic carbocycles. The van der Waals surface area contributed by atoms with Crippen LogP contribution in [-0.2, 0) is 4.79 Å². The number of carbonyl (C=O) groups excluding carboxylic acids is 1. The molecule has 0 aliphatic heterocycles. The summed E-state index contributed by atoms with van der Waals surface area (Å²) in [5.74, 6) is -0.370. The van der Waals surface area contributed by atoms with Crippen molar-refractivity contribution >= 4 is 5.91 Å². The van der Waals surface area contributed by atoms with E-state index < -0.39 is 6.43 Å². The summed E-state index contributed by atoms with van der Waals surface area (Å²) in [6, 6.07) is 0. The minimum atomic E-state index is -2.36. The molecule has 0 radical (unpaired) electrons. The Balaban J connectivity index is 3.40. The summed E-state index contributed by atoms with van der Waals surface area (Å²) in [4.78, 5) is 10.7. The van der Waals surface area contributed by atoms with Crippen LogP contribution in [0.2, 0.25) is 0 Å². The minimum Gasteiger partial charge on any atom is -0.352 e. The van der Waals surface area contributed by atoms with Crippen LogP contribution in [-0.4, -0.2) is 18.9 Å². The molecule has 0 bridgehead atoms. The molecule has 4 heteroatoms. The first kappa shape index (κ1) is 10.1. The fraction of sp³-hybridized carbons (Fsp3) is 0.571. The summed E-state index contributed by atoms with van der Waals surface area (Å²) in [5.41, 5.74) is 0.333. The Morgan fingerprint density at radius 2 is 2.18 bits per heavy atom. The first-order chi connectivity index (χ1) is 5.04. The predicted molar refractivity (Wildman–Crippen MR) is 38.4 cm³/mol. The topological polar surface area (TPSA) is 29.1 Å². The maximum atomic E-state index is 11.5. The van der Waals surface area contributed by atoms with Gasteiger partial charge in [-0.25, -0.2) is 8.78 Å². The molecule has 2 nitrogen and oxygen atoms in total. The lowest BCUT2D eigenvalue weighted by Gasteiger charge is -2.02. The third kappa shape index (κ3) is 5.51. The van der Waals surface area contributed by atoms with Crippen molar-refractivity contribution < 1.29 is 13.6 Å². The van der Waals surface area contributed by atoms with E-state index in [2.05, 4.69) is 11.9 Å². The van der Waals surface area contributed by atoms with Crippen molar-refractivity contribution in [1.82, 2.24) is 5.32 Å². The summed E-state index contributed by atoms with van der Waals surface area (Å²) in [6.45, 7) is 4.88. The summed E-state index contributed by atoms with van der Waals surface area (Å²) in [5, 5.41) is 2.29. The average Bonchev–Trinajstić information content (AvgIpc) is 1.86. The number of amides is 1. The molecule has 1 N–H and O–H groups in total. The highest BCUT2D eigenvalue weighted by atomic mass is 19.3. The van der Waals surface area contributed by atoms with Gasteiger partial charge in [0.15, 0.2) is 0 Å². The van der Waals surface area contributed by atoms with Crippen LogP contribution < -0.4 is 5.32 Å². The van der Waals surface area contributed by atoms with Crippen LogP contribution in [0.3, 0.4) is 0 Å². The molecule has 0 aromatic rings. The van der Waals surface area contributed by atoms with Crippen molar-refractivity contribution in [3.05, 3.63) is 12.2 Å². The first-order valence-electron chi connectivity index (χ1n) is 3.26. The standard InChI is InChI=1S/C7H11F2NO/c1-5(2)7(11)10-4-3-6(8)9/h6H,1,3-4H2,2H3,(H,10,11). The molecule has 1 amide bonds. The second-order valence-electron chi connectivity index (χ2n) is 2.22. The van der Waals surface area contributed by atoms with Crippen molar-refractivity contribution in [2.24, 2.45) is 0 Å². The predicted octanol–water partition coefficient (Wildman–Crippen LogP) is 1.33. The van der Waals surface area contributed by atoms with Gasteiger partial charge in [-0.1, -0.05) is 6.58 Å². The molecule has 64 valence electrons. The van der Waals surface area contributed by atoms with E-state index in [0.717, 1.165) is 0 Å². The Morgan fingerprint density at radius 3 is 2.55 bits per heavy atom. The normalized spacial score (nSPS) is 9.82. The third-order valence-electron chi connectivity index (χ3n) is 1.04. The van der Waals surface area contributed by atoms with Gasteiger partial charge in [0.2, 0.25) is 12.3 Å². The summed E-state index contributed by atoms with van der Waals surface area (Å²) in [7, 11) is 0. The summed E-state index contributed by atoms with van der Waals surface area (Å²) >= 11 is 0. The van der Waals surface area contributed by atoms with Gasteiger partial charge in [0.05, 0.1) is 0 Å². The molecule has 0 spiro atoms. The molecule has 0 aromatic carbocycles. The molecule has 0 unspecified atom stereocenters. The molecular formula is C7H11F2NO. The van der Waals surface area contributed by atoms with Crippen molar-refractivity contribution in [3.8, 4) is 0 Å². The monoisotopic (exact) mass is 163 g/mol. The van der Waals surface area contributed by atoms with Gasteiger partial charge in [-0.2, -0.15) is 0 Å². The van der Waals surface area contributed by atoms with E-state index in [9.17, 15) is 13.6 Å². The SMILES string of the molecule is C=C(C)C(=O)NCCC(F)F. The van der Waals surface area contributed by atoms with Gasteiger partial charge in [-0.3, -0.25) is 4.79 Å². The van der Waals surface area contributed by atoms with E-state index in [1.807, 2.05) is 0 Å². The highest BCUT2D eigenvalue weighted by molar-refractivity contribution is 5.91. The second-order valence-corrected chi connectivity index (χ2v) is 2.22. The Bertz CT molecular complexity index is 157. The lowest BCUT2D eigenvalue weighted by molar-refractivity contribution is -0.117. The summed E-state index contributed by atoms with van der Waals surface area (Å²) in [6.07, 6.45) is -2.67. The Morgan fingerprint density at radius 1 is 1.64 bits per heavy atom. The highest BCUT2D eigenvalue weighted by Gasteiger charge is 2.04. The zero-order chi connectivity index (χ0) is 8.85. The van der Waals surface area contributed by atoms with Gasteiger partial charge in [-0.15, -0.1) is 0 Å². The minimum absolute atomic E-state index is 0.00333. The van der Waals surface area contributed by atoms with Crippen molar-refractivity contribution in [2.45, 2.75) is 19.8 Å². The fourth-order valence-electron chi connectivity index (χ4n) is 0.446. The van der Waals surface area contributed by atoms with Crippen LogP contribution in [0.1, 0.15) is 13.3 Å². The number of alkyl halides is 2. The molecule has 0 aromatic heterocycles. The van der Waals surface area contributed by atoms with E-state index in [1.54, 1.807) is 0 Å². The number of nitrogens with one attached hydrogen (secondary N) is 1. The van der Waals surface area contributed by atoms with Gasteiger partial charge >= 0.3 is 0 Å². The van der Waals surface area contributed by atoms with Crippen molar-refractivity contribution in [2.75, 3.05) is 6.54 Å². The molecule has 0 heterocycles. The molecular weight excluding hydrogens is 152 g/mol. The van der Waals surface area contributed by atoms with Crippen LogP contribution in [0.4, 0.5) is 8.78 Å². The number of rotatable bonds is 4. The van der Waals surface area contributed by atoms with E-state index in [4.69, 9.17) is 0 Å². The molecule has 0 saturated carbocycles. The maximum absolute atomic E-state index is 11.5. The third-order valence-corrected chi connectivity index (χ3v) is 1.04. The molecule has 0 saturated heterocycles. The molecule has 0 fully saturated rings. The van der Waals surface area contributed by atoms with Crippen LogP contribution in [0.15, 0.2) is 12.2 Å². The van der Waals surface area contributed by atoms with E-state index in [1.165, 1.54) is 6.92 Å². The number of hydrogen-bond donors (Lipinski definition) is 1. The first-order valence-corrected chi connectivity index (χ1v) is 3.26. The largest absolute Gasteiger partial charge is 0.352 e. The quantitative estimate of drug-likeness (QED) is 0.622. The van der Waals surface area contributed by atoms with Gasteiger partial charge in [0.25, 0.3) is 0 Å². The average molecular weight is 163 g/mol. The van der Waals surface area contributed by atoms with Crippen molar-refractivity contribution in [3.63, 3.8) is 0 Å². The van der Waals surface area contributed by atoms with Crippen LogP contribution in [0, 0.1) is 0 Å². The van der Waals surface area contributed by atoms with Gasteiger partial charge in [-0.05, 0) is 6.92 Å². The van der Waals surface area contributed by atoms with Gasteiger partial charge < -0.3 is 5.32 Å².